The van der Waals surface area contributed by atoms with Crippen LogP contribution in [0.15, 0.2) is 12.4 Å². The standard InChI is InChI=1S/C9H13N3O/c1-6-4-10-5-9(11-6)12-7-2-3-8(7)13/h4-5,7-8,13H,2-3H2,1H3,(H,11,12)/t7-,8-/m1/s1. The molecule has 13 heavy (non-hydrogen) atoms. The van der Waals surface area contributed by atoms with Gasteiger partial charge in [0.15, 0.2) is 0 Å². The smallest absolute Gasteiger partial charge is 0.145 e. The van der Waals surface area contributed by atoms with Crippen LogP contribution in [0, 0.1) is 6.92 Å². The van der Waals surface area contributed by atoms with Crippen LogP contribution in [0.5, 0.6) is 0 Å². The first-order chi connectivity index (χ1) is 6.25. The van der Waals surface area contributed by atoms with Crippen molar-refractivity contribution in [2.45, 2.75) is 31.9 Å². The van der Waals surface area contributed by atoms with E-state index in [1.54, 1.807) is 12.4 Å². The lowest BCUT2D eigenvalue weighted by Gasteiger charge is -2.33. The van der Waals surface area contributed by atoms with E-state index in [0.29, 0.717) is 0 Å². The van der Waals surface area contributed by atoms with Crippen LogP contribution < -0.4 is 5.32 Å². The number of hydrogen-bond donors (Lipinski definition) is 2. The van der Waals surface area contributed by atoms with E-state index in [4.69, 9.17) is 0 Å². The highest BCUT2D eigenvalue weighted by Crippen LogP contribution is 2.22. The summed E-state index contributed by atoms with van der Waals surface area (Å²) in [5, 5.41) is 12.5. The van der Waals surface area contributed by atoms with E-state index in [-0.39, 0.29) is 12.1 Å². The highest BCUT2D eigenvalue weighted by molar-refractivity contribution is 5.34. The van der Waals surface area contributed by atoms with Crippen molar-refractivity contribution in [3.8, 4) is 0 Å². The van der Waals surface area contributed by atoms with Gasteiger partial charge in [0.25, 0.3) is 0 Å². The highest BCUT2D eigenvalue weighted by Gasteiger charge is 2.28. The SMILES string of the molecule is Cc1cncc(N[C@@H]2CC[C@H]2O)n1. The fourth-order valence-electron chi connectivity index (χ4n) is 1.37. The van der Waals surface area contributed by atoms with Crippen molar-refractivity contribution >= 4 is 5.82 Å². The highest BCUT2D eigenvalue weighted by atomic mass is 16.3. The van der Waals surface area contributed by atoms with Crippen molar-refractivity contribution in [1.82, 2.24) is 9.97 Å². The molecule has 4 nitrogen and oxygen atoms in total. The first-order valence-electron chi connectivity index (χ1n) is 4.49. The predicted octanol–water partition coefficient (Wildman–Crippen LogP) is 0.720. The largest absolute Gasteiger partial charge is 0.391 e. The van der Waals surface area contributed by atoms with E-state index in [0.717, 1.165) is 24.4 Å². The van der Waals surface area contributed by atoms with E-state index < -0.39 is 0 Å². The number of aromatic nitrogens is 2. The Morgan fingerprint density at radius 3 is 2.85 bits per heavy atom. The molecule has 2 rings (SSSR count). The van der Waals surface area contributed by atoms with Gasteiger partial charge >= 0.3 is 0 Å². The lowest BCUT2D eigenvalue weighted by Crippen LogP contribution is -2.42. The molecule has 1 aromatic heterocycles. The van der Waals surface area contributed by atoms with E-state index in [2.05, 4.69) is 15.3 Å². The van der Waals surface area contributed by atoms with Crippen molar-refractivity contribution in [2.75, 3.05) is 5.32 Å². The molecule has 0 aromatic carbocycles. The minimum atomic E-state index is -0.220. The van der Waals surface area contributed by atoms with Crippen molar-refractivity contribution < 1.29 is 5.11 Å². The number of aliphatic hydroxyl groups excluding tert-OH is 1. The molecule has 1 fully saturated rings. The van der Waals surface area contributed by atoms with Crippen LogP contribution in [0.4, 0.5) is 5.82 Å². The quantitative estimate of drug-likeness (QED) is 0.702. The van der Waals surface area contributed by atoms with Gasteiger partial charge < -0.3 is 10.4 Å². The fourth-order valence-corrected chi connectivity index (χ4v) is 1.37. The molecular weight excluding hydrogens is 166 g/mol. The Balaban J connectivity index is 2.01. The van der Waals surface area contributed by atoms with Gasteiger partial charge in [0, 0.05) is 6.20 Å². The molecule has 2 N–H and O–H groups in total. The monoisotopic (exact) mass is 179 g/mol. The van der Waals surface area contributed by atoms with Crippen LogP contribution in [0.1, 0.15) is 18.5 Å². The summed E-state index contributed by atoms with van der Waals surface area (Å²) in [4.78, 5) is 8.26. The Hall–Kier alpha value is -1.16. The molecule has 0 saturated heterocycles. The Bertz CT molecular complexity index is 303. The van der Waals surface area contributed by atoms with Gasteiger partial charge in [0.2, 0.25) is 0 Å². The molecule has 1 heterocycles. The van der Waals surface area contributed by atoms with Gasteiger partial charge in [-0.1, -0.05) is 0 Å². The predicted molar refractivity (Wildman–Crippen MR) is 49.4 cm³/mol. The summed E-state index contributed by atoms with van der Waals surface area (Å²) in [5.74, 6) is 0.753. The molecular formula is C9H13N3O. The van der Waals surface area contributed by atoms with Gasteiger partial charge in [0.1, 0.15) is 5.82 Å². The molecule has 0 spiro atoms. The lowest BCUT2D eigenvalue weighted by molar-refractivity contribution is 0.0784. The second kappa shape index (κ2) is 3.30. The molecule has 0 amide bonds. The third-order valence-corrected chi connectivity index (χ3v) is 2.33. The summed E-state index contributed by atoms with van der Waals surface area (Å²) in [6.45, 7) is 1.90. The van der Waals surface area contributed by atoms with Crippen molar-refractivity contribution in [3.63, 3.8) is 0 Å². The molecule has 1 aliphatic rings. The van der Waals surface area contributed by atoms with Crippen LogP contribution >= 0.6 is 0 Å². The van der Waals surface area contributed by atoms with E-state index in [9.17, 15) is 5.11 Å². The Labute approximate surface area is 77.0 Å². The number of nitrogens with one attached hydrogen (secondary N) is 1. The van der Waals surface area contributed by atoms with Gasteiger partial charge in [-0.25, -0.2) is 4.98 Å². The van der Waals surface area contributed by atoms with E-state index in [1.807, 2.05) is 6.92 Å². The second-order valence-corrected chi connectivity index (χ2v) is 3.44. The van der Waals surface area contributed by atoms with Gasteiger partial charge in [0.05, 0.1) is 24.0 Å². The minimum Gasteiger partial charge on any atom is -0.391 e. The number of rotatable bonds is 2. The third-order valence-electron chi connectivity index (χ3n) is 2.33. The maximum absolute atomic E-state index is 9.33. The molecule has 0 bridgehead atoms. The molecule has 1 aliphatic carbocycles. The zero-order valence-corrected chi connectivity index (χ0v) is 7.57. The van der Waals surface area contributed by atoms with Gasteiger partial charge in [-0.05, 0) is 19.8 Å². The van der Waals surface area contributed by atoms with E-state index >= 15 is 0 Å². The summed E-state index contributed by atoms with van der Waals surface area (Å²) >= 11 is 0. The van der Waals surface area contributed by atoms with Crippen LogP contribution in [-0.2, 0) is 0 Å². The van der Waals surface area contributed by atoms with Gasteiger partial charge in [-0.15, -0.1) is 0 Å². The molecule has 0 radical (unpaired) electrons. The summed E-state index contributed by atoms with van der Waals surface area (Å²) in [6.07, 6.45) is 5.07. The summed E-state index contributed by atoms with van der Waals surface area (Å²) < 4.78 is 0. The maximum Gasteiger partial charge on any atom is 0.145 e. The molecule has 4 heteroatoms. The number of aryl methyl sites for hydroxylation is 1. The van der Waals surface area contributed by atoms with E-state index in [1.165, 1.54) is 0 Å². The summed E-state index contributed by atoms with van der Waals surface area (Å²) in [7, 11) is 0. The van der Waals surface area contributed by atoms with Gasteiger partial charge in [-0.2, -0.15) is 0 Å². The van der Waals surface area contributed by atoms with Crippen LogP contribution in [0.25, 0.3) is 0 Å². The Kier molecular flexibility index (Phi) is 2.14. The first kappa shape index (κ1) is 8.44. The van der Waals surface area contributed by atoms with Crippen molar-refractivity contribution in [2.24, 2.45) is 0 Å². The van der Waals surface area contributed by atoms with Crippen molar-refractivity contribution in [3.05, 3.63) is 18.1 Å². The topological polar surface area (TPSA) is 58.0 Å². The Morgan fingerprint density at radius 1 is 1.46 bits per heavy atom. The van der Waals surface area contributed by atoms with Crippen LogP contribution in [-0.4, -0.2) is 27.2 Å². The second-order valence-electron chi connectivity index (χ2n) is 3.44. The average molecular weight is 179 g/mol. The lowest BCUT2D eigenvalue weighted by atomic mass is 9.89. The number of aliphatic hydroxyl groups is 1. The molecule has 0 unspecified atom stereocenters. The van der Waals surface area contributed by atoms with Crippen LogP contribution in [0.3, 0.4) is 0 Å². The number of anilines is 1. The summed E-state index contributed by atoms with van der Waals surface area (Å²) in [5.41, 5.74) is 0.888. The number of nitrogens with zero attached hydrogens (tertiary/aromatic N) is 2. The maximum atomic E-state index is 9.33. The minimum absolute atomic E-state index is 0.163. The summed E-state index contributed by atoms with van der Waals surface area (Å²) in [6, 6.07) is 0.163. The van der Waals surface area contributed by atoms with Gasteiger partial charge in [-0.3, -0.25) is 4.98 Å². The zero-order chi connectivity index (χ0) is 9.26. The normalized spacial score (nSPS) is 26.6. The zero-order valence-electron chi connectivity index (χ0n) is 7.57. The molecule has 0 aliphatic heterocycles. The molecule has 70 valence electrons. The number of hydrogen-bond acceptors (Lipinski definition) is 4. The average Bonchev–Trinajstić information content (AvgIpc) is 2.12. The first-order valence-corrected chi connectivity index (χ1v) is 4.49. The van der Waals surface area contributed by atoms with Crippen LogP contribution in [0.2, 0.25) is 0 Å². The molecule has 2 atom stereocenters. The molecule has 1 aromatic rings. The molecule has 1 saturated carbocycles. The van der Waals surface area contributed by atoms with Crippen molar-refractivity contribution in [1.29, 1.82) is 0 Å². The Morgan fingerprint density at radius 2 is 2.31 bits per heavy atom. The fraction of sp³-hybridized carbons (Fsp3) is 0.556. The third kappa shape index (κ3) is 1.78.